The molecule has 5 nitrogen and oxygen atoms in total. The SMILES string of the molecule is CCNCc1cc(CN(C)CCS(C)(=O)=O)c(C)o1. The van der Waals surface area contributed by atoms with Crippen molar-refractivity contribution in [2.75, 3.05) is 32.1 Å². The first-order valence-electron chi connectivity index (χ1n) is 6.47. The summed E-state index contributed by atoms with van der Waals surface area (Å²) in [5.41, 5.74) is 1.11. The van der Waals surface area contributed by atoms with Crippen LogP contribution in [0.3, 0.4) is 0 Å². The summed E-state index contributed by atoms with van der Waals surface area (Å²) in [5.74, 6) is 2.01. The van der Waals surface area contributed by atoms with Crippen LogP contribution in [0.5, 0.6) is 0 Å². The summed E-state index contributed by atoms with van der Waals surface area (Å²) >= 11 is 0. The summed E-state index contributed by atoms with van der Waals surface area (Å²) in [5, 5.41) is 3.22. The fourth-order valence-electron chi connectivity index (χ4n) is 1.77. The highest BCUT2D eigenvalue weighted by Crippen LogP contribution is 2.16. The monoisotopic (exact) mass is 288 g/mol. The minimum atomic E-state index is -2.90. The van der Waals surface area contributed by atoms with E-state index in [9.17, 15) is 8.42 Å². The molecule has 110 valence electrons. The van der Waals surface area contributed by atoms with E-state index in [1.807, 2.05) is 24.9 Å². The maximum absolute atomic E-state index is 11.1. The molecule has 0 amide bonds. The summed E-state index contributed by atoms with van der Waals surface area (Å²) in [6.45, 7) is 6.86. The third-order valence-electron chi connectivity index (χ3n) is 2.90. The predicted octanol–water partition coefficient (Wildman–Crippen LogP) is 1.17. The number of sulfone groups is 1. The molecular weight excluding hydrogens is 264 g/mol. The molecule has 6 heteroatoms. The molecule has 0 saturated carbocycles. The Balaban J connectivity index is 2.54. The zero-order valence-corrected chi connectivity index (χ0v) is 13.0. The number of aryl methyl sites for hydroxylation is 1. The van der Waals surface area contributed by atoms with E-state index in [0.29, 0.717) is 13.1 Å². The number of rotatable bonds is 8. The van der Waals surface area contributed by atoms with Crippen LogP contribution in [-0.4, -0.2) is 45.5 Å². The van der Waals surface area contributed by atoms with Crippen molar-refractivity contribution in [1.82, 2.24) is 10.2 Å². The fraction of sp³-hybridized carbons (Fsp3) is 0.692. The van der Waals surface area contributed by atoms with E-state index in [2.05, 4.69) is 12.2 Å². The lowest BCUT2D eigenvalue weighted by Gasteiger charge is -2.15. The van der Waals surface area contributed by atoms with E-state index in [0.717, 1.165) is 30.2 Å². The maximum Gasteiger partial charge on any atom is 0.148 e. The molecule has 19 heavy (non-hydrogen) atoms. The Morgan fingerprint density at radius 2 is 2.11 bits per heavy atom. The van der Waals surface area contributed by atoms with Crippen LogP contribution in [0.4, 0.5) is 0 Å². The summed E-state index contributed by atoms with van der Waals surface area (Å²) in [6, 6.07) is 2.04. The molecular formula is C13H24N2O3S. The molecule has 1 aromatic rings. The number of hydrogen-bond acceptors (Lipinski definition) is 5. The molecule has 0 aliphatic rings. The molecule has 1 rings (SSSR count). The smallest absolute Gasteiger partial charge is 0.148 e. The van der Waals surface area contributed by atoms with E-state index in [1.165, 1.54) is 6.26 Å². The van der Waals surface area contributed by atoms with Gasteiger partial charge in [-0.25, -0.2) is 8.42 Å². The zero-order chi connectivity index (χ0) is 14.5. The Kier molecular flexibility index (Phi) is 6.03. The van der Waals surface area contributed by atoms with Gasteiger partial charge in [0.05, 0.1) is 12.3 Å². The molecule has 0 atom stereocenters. The third kappa shape index (κ3) is 6.22. The summed E-state index contributed by atoms with van der Waals surface area (Å²) < 4.78 is 27.9. The van der Waals surface area contributed by atoms with Crippen molar-refractivity contribution in [1.29, 1.82) is 0 Å². The second kappa shape index (κ2) is 7.07. The normalized spacial score (nSPS) is 12.3. The fourth-order valence-corrected chi connectivity index (χ4v) is 2.41. The van der Waals surface area contributed by atoms with Crippen LogP contribution >= 0.6 is 0 Å². The second-order valence-electron chi connectivity index (χ2n) is 4.94. The van der Waals surface area contributed by atoms with Gasteiger partial charge in [-0.2, -0.15) is 0 Å². The van der Waals surface area contributed by atoms with Crippen molar-refractivity contribution in [3.63, 3.8) is 0 Å². The van der Waals surface area contributed by atoms with Crippen molar-refractivity contribution in [2.24, 2.45) is 0 Å². The first-order chi connectivity index (χ1) is 8.81. The van der Waals surface area contributed by atoms with Crippen LogP contribution in [0.2, 0.25) is 0 Å². The molecule has 0 aliphatic heterocycles. The average Bonchev–Trinajstić information content (AvgIpc) is 2.64. The zero-order valence-electron chi connectivity index (χ0n) is 12.2. The highest BCUT2D eigenvalue weighted by Gasteiger charge is 2.11. The van der Waals surface area contributed by atoms with Crippen LogP contribution in [0.1, 0.15) is 24.0 Å². The lowest BCUT2D eigenvalue weighted by Crippen LogP contribution is -2.24. The molecule has 1 N–H and O–H groups in total. The Morgan fingerprint density at radius 1 is 1.42 bits per heavy atom. The van der Waals surface area contributed by atoms with Gasteiger partial charge >= 0.3 is 0 Å². The first-order valence-corrected chi connectivity index (χ1v) is 8.53. The van der Waals surface area contributed by atoms with Crippen molar-refractivity contribution in [3.8, 4) is 0 Å². The highest BCUT2D eigenvalue weighted by molar-refractivity contribution is 7.90. The van der Waals surface area contributed by atoms with Gasteiger partial charge in [0.15, 0.2) is 0 Å². The van der Waals surface area contributed by atoms with Crippen molar-refractivity contribution in [2.45, 2.75) is 26.9 Å². The van der Waals surface area contributed by atoms with Crippen LogP contribution < -0.4 is 5.32 Å². The molecule has 0 saturated heterocycles. The topological polar surface area (TPSA) is 62.6 Å². The van der Waals surface area contributed by atoms with E-state index < -0.39 is 9.84 Å². The lowest BCUT2D eigenvalue weighted by atomic mass is 10.2. The van der Waals surface area contributed by atoms with Crippen molar-refractivity contribution >= 4 is 9.84 Å². The van der Waals surface area contributed by atoms with Crippen molar-refractivity contribution < 1.29 is 12.8 Å². The Bertz CT molecular complexity index is 494. The quantitative estimate of drug-likeness (QED) is 0.778. The third-order valence-corrected chi connectivity index (χ3v) is 3.83. The summed E-state index contributed by atoms with van der Waals surface area (Å²) in [6.07, 6.45) is 1.26. The van der Waals surface area contributed by atoms with Gasteiger partial charge in [-0.15, -0.1) is 0 Å². The molecule has 1 heterocycles. The standard InChI is InChI=1S/C13H24N2O3S/c1-5-14-9-13-8-12(11(2)18-13)10-15(3)6-7-19(4,16)17/h8,14H,5-7,9-10H2,1-4H3. The van der Waals surface area contributed by atoms with Crippen LogP contribution in [0.25, 0.3) is 0 Å². The molecule has 0 aromatic carbocycles. The molecule has 0 radical (unpaired) electrons. The Labute approximate surface area is 115 Å². The van der Waals surface area contributed by atoms with Gasteiger partial charge in [-0.1, -0.05) is 6.92 Å². The number of hydrogen-bond donors (Lipinski definition) is 1. The summed E-state index contributed by atoms with van der Waals surface area (Å²) in [4.78, 5) is 2.00. The minimum absolute atomic E-state index is 0.185. The molecule has 0 fully saturated rings. The van der Waals surface area contributed by atoms with E-state index in [4.69, 9.17) is 4.42 Å². The number of furan rings is 1. The highest BCUT2D eigenvalue weighted by atomic mass is 32.2. The number of nitrogens with zero attached hydrogens (tertiary/aromatic N) is 1. The van der Waals surface area contributed by atoms with Crippen LogP contribution in [0, 0.1) is 6.92 Å². The molecule has 0 aliphatic carbocycles. The molecule has 0 spiro atoms. The molecule has 0 unspecified atom stereocenters. The van der Waals surface area contributed by atoms with Crippen LogP contribution in [0.15, 0.2) is 10.5 Å². The molecule has 1 aromatic heterocycles. The van der Waals surface area contributed by atoms with Gasteiger partial charge < -0.3 is 14.6 Å². The lowest BCUT2D eigenvalue weighted by molar-refractivity contribution is 0.342. The Morgan fingerprint density at radius 3 is 2.68 bits per heavy atom. The average molecular weight is 288 g/mol. The van der Waals surface area contributed by atoms with Gasteiger partial charge in [0, 0.05) is 24.9 Å². The predicted molar refractivity (Wildman–Crippen MR) is 76.9 cm³/mol. The van der Waals surface area contributed by atoms with Gasteiger partial charge in [-0.05, 0) is 26.6 Å². The van der Waals surface area contributed by atoms with E-state index >= 15 is 0 Å². The maximum atomic E-state index is 11.1. The van der Waals surface area contributed by atoms with E-state index in [-0.39, 0.29) is 5.75 Å². The largest absolute Gasteiger partial charge is 0.465 e. The van der Waals surface area contributed by atoms with Gasteiger partial charge in [0.25, 0.3) is 0 Å². The van der Waals surface area contributed by atoms with Crippen molar-refractivity contribution in [3.05, 3.63) is 23.2 Å². The van der Waals surface area contributed by atoms with Gasteiger partial charge in [-0.3, -0.25) is 0 Å². The Hall–Kier alpha value is -0.850. The van der Waals surface area contributed by atoms with Gasteiger partial charge in [0.1, 0.15) is 21.4 Å². The van der Waals surface area contributed by atoms with Crippen LogP contribution in [-0.2, 0) is 22.9 Å². The summed E-state index contributed by atoms with van der Waals surface area (Å²) in [7, 11) is -0.985. The molecule has 0 bridgehead atoms. The second-order valence-corrected chi connectivity index (χ2v) is 7.20. The number of nitrogens with one attached hydrogen (secondary N) is 1. The first kappa shape index (κ1) is 16.2. The minimum Gasteiger partial charge on any atom is -0.465 e. The van der Waals surface area contributed by atoms with Gasteiger partial charge in [0.2, 0.25) is 0 Å². The van der Waals surface area contributed by atoms with E-state index in [1.54, 1.807) is 0 Å².